The Morgan fingerprint density at radius 3 is 2.83 bits per heavy atom. The summed E-state index contributed by atoms with van der Waals surface area (Å²) in [6.45, 7) is 4.85. The number of nitrogens with zero attached hydrogens (tertiary/aromatic N) is 3. The molecule has 0 aliphatic carbocycles. The number of imidazole rings is 1. The Labute approximate surface area is 206 Å². The van der Waals surface area contributed by atoms with Crippen molar-refractivity contribution in [1.82, 2.24) is 19.6 Å². The fourth-order valence-corrected chi connectivity index (χ4v) is 5.59. The van der Waals surface area contributed by atoms with E-state index in [1.54, 1.807) is 12.1 Å². The highest BCUT2D eigenvalue weighted by Crippen LogP contribution is 2.34. The molecule has 1 N–H and O–H groups in total. The summed E-state index contributed by atoms with van der Waals surface area (Å²) in [7, 11) is 1.54. The van der Waals surface area contributed by atoms with Gasteiger partial charge in [0.25, 0.3) is 5.91 Å². The number of carbonyl (C=O) groups is 1. The number of thiazole rings is 1. The Morgan fingerprint density at radius 2 is 2.06 bits per heavy atom. The molecule has 0 spiro atoms. The van der Waals surface area contributed by atoms with Crippen molar-refractivity contribution >= 4 is 32.4 Å². The van der Waals surface area contributed by atoms with E-state index in [1.165, 1.54) is 24.5 Å². The van der Waals surface area contributed by atoms with Crippen molar-refractivity contribution in [2.24, 2.45) is 0 Å². The van der Waals surface area contributed by atoms with Gasteiger partial charge in [-0.05, 0) is 50.9 Å². The molecular weight excluding hydrogens is 470 g/mol. The number of halogens is 2. The number of hydrogen-bond acceptors (Lipinski definition) is 5. The molecule has 2 aromatic carbocycles. The van der Waals surface area contributed by atoms with E-state index in [9.17, 15) is 13.6 Å². The van der Waals surface area contributed by atoms with Crippen LogP contribution in [0, 0.1) is 12.7 Å². The second-order valence-corrected chi connectivity index (χ2v) is 10.0. The highest BCUT2D eigenvalue weighted by atomic mass is 32.1. The van der Waals surface area contributed by atoms with Gasteiger partial charge in [-0.1, -0.05) is 23.0 Å². The zero-order valence-electron chi connectivity index (χ0n) is 19.8. The van der Waals surface area contributed by atoms with Crippen LogP contribution in [0.3, 0.4) is 0 Å². The average Bonchev–Trinajstić information content (AvgIpc) is 3.41. The second kappa shape index (κ2) is 9.91. The summed E-state index contributed by atoms with van der Waals surface area (Å²) >= 11 is 1.44. The summed E-state index contributed by atoms with van der Waals surface area (Å²) in [6, 6.07) is 8.62. The van der Waals surface area contributed by atoms with Crippen molar-refractivity contribution in [1.29, 1.82) is 0 Å². The van der Waals surface area contributed by atoms with Gasteiger partial charge in [0.05, 0.1) is 28.6 Å². The molecular formula is C26H28F2N4O2S. The SMILES string of the molecule is COc1cc2c(cc1C(=O)NCCCN1CCC(F)CC1)sc1nc(-c3cc(C)ccc3F)cn12. The van der Waals surface area contributed by atoms with Crippen LogP contribution >= 0.6 is 11.3 Å². The minimum atomic E-state index is -0.677. The van der Waals surface area contributed by atoms with E-state index >= 15 is 0 Å². The molecule has 1 aliphatic heterocycles. The standard InChI is InChI=1S/C26H28F2N4O2S/c1-16-4-5-20(28)18(12-16)21-15-32-22-14-23(34-2)19(13-24(22)35-26(32)30-21)25(33)29-8-3-9-31-10-6-17(27)7-11-31/h4-5,12-15,17H,3,6-11H2,1-2H3,(H,29,33). The van der Waals surface area contributed by atoms with Gasteiger partial charge in [-0.15, -0.1) is 0 Å². The zero-order chi connectivity index (χ0) is 24.5. The van der Waals surface area contributed by atoms with E-state index in [0.29, 0.717) is 46.9 Å². The van der Waals surface area contributed by atoms with Crippen LogP contribution in [0.4, 0.5) is 8.78 Å². The lowest BCUT2D eigenvalue weighted by molar-refractivity contribution is 0.0947. The Hall–Kier alpha value is -3.04. The molecule has 4 aromatic rings. The first-order chi connectivity index (χ1) is 16.9. The average molecular weight is 499 g/mol. The summed E-state index contributed by atoms with van der Waals surface area (Å²) in [5, 5.41) is 2.98. The van der Waals surface area contributed by atoms with Gasteiger partial charge in [-0.25, -0.2) is 13.8 Å². The van der Waals surface area contributed by atoms with E-state index in [0.717, 1.165) is 41.8 Å². The molecule has 2 aromatic heterocycles. The maximum atomic E-state index is 14.4. The number of hydrogen-bond donors (Lipinski definition) is 1. The van der Waals surface area contributed by atoms with Crippen LogP contribution in [-0.4, -0.2) is 59.7 Å². The molecule has 1 aliphatic rings. The molecule has 184 valence electrons. The molecule has 0 radical (unpaired) electrons. The molecule has 9 heteroatoms. The number of aromatic nitrogens is 2. The number of likely N-dealkylation sites (tertiary alicyclic amines) is 1. The maximum Gasteiger partial charge on any atom is 0.255 e. The Bertz CT molecular complexity index is 1370. The number of aryl methyl sites for hydroxylation is 1. The lowest BCUT2D eigenvalue weighted by Gasteiger charge is -2.28. The summed E-state index contributed by atoms with van der Waals surface area (Å²) in [5.41, 5.74) is 3.31. The normalized spacial score (nSPS) is 15.2. The molecule has 0 atom stereocenters. The fraction of sp³-hybridized carbons (Fsp3) is 0.385. The van der Waals surface area contributed by atoms with E-state index in [4.69, 9.17) is 4.74 Å². The Kier molecular flexibility index (Phi) is 6.71. The Balaban J connectivity index is 1.33. The molecule has 35 heavy (non-hydrogen) atoms. The predicted molar refractivity (Wildman–Crippen MR) is 135 cm³/mol. The molecule has 0 saturated carbocycles. The first-order valence-corrected chi connectivity index (χ1v) is 12.7. The van der Waals surface area contributed by atoms with E-state index < -0.39 is 6.17 Å². The van der Waals surface area contributed by atoms with E-state index in [1.807, 2.05) is 29.7 Å². The van der Waals surface area contributed by atoms with E-state index in [-0.39, 0.29) is 11.7 Å². The number of ether oxygens (including phenoxy) is 1. The lowest BCUT2D eigenvalue weighted by atomic mass is 10.1. The number of fused-ring (bicyclic) bond motifs is 3. The first-order valence-electron chi connectivity index (χ1n) is 11.8. The quantitative estimate of drug-likeness (QED) is 0.355. The maximum absolute atomic E-state index is 14.4. The van der Waals surface area contributed by atoms with Gasteiger partial charge in [-0.2, -0.15) is 0 Å². The number of amides is 1. The van der Waals surface area contributed by atoms with Crippen LogP contribution in [0.1, 0.15) is 35.2 Å². The third kappa shape index (κ3) is 4.88. The second-order valence-electron chi connectivity index (χ2n) is 9.01. The molecule has 1 fully saturated rings. The van der Waals surface area contributed by atoms with Crippen molar-refractivity contribution in [3.8, 4) is 17.0 Å². The van der Waals surface area contributed by atoms with Gasteiger partial charge in [0.1, 0.15) is 17.7 Å². The summed E-state index contributed by atoms with van der Waals surface area (Å²) < 4.78 is 36.0. The fourth-order valence-electron chi connectivity index (χ4n) is 4.56. The minimum absolute atomic E-state index is 0.195. The number of nitrogens with one attached hydrogen (secondary N) is 1. The number of alkyl halides is 1. The van der Waals surface area contributed by atoms with Crippen LogP contribution < -0.4 is 10.1 Å². The zero-order valence-corrected chi connectivity index (χ0v) is 20.6. The molecule has 6 nitrogen and oxygen atoms in total. The molecule has 1 amide bonds. The number of carbonyl (C=O) groups excluding carboxylic acids is 1. The smallest absolute Gasteiger partial charge is 0.255 e. The monoisotopic (exact) mass is 498 g/mol. The first kappa shape index (κ1) is 23.7. The van der Waals surface area contributed by atoms with Crippen molar-refractivity contribution in [2.45, 2.75) is 32.4 Å². The lowest BCUT2D eigenvalue weighted by Crippen LogP contribution is -2.36. The molecule has 5 rings (SSSR count). The number of piperidine rings is 1. The van der Waals surface area contributed by atoms with Crippen molar-refractivity contribution in [3.05, 3.63) is 53.5 Å². The summed E-state index contributed by atoms with van der Waals surface area (Å²) in [4.78, 5) is 20.5. The number of benzene rings is 2. The summed E-state index contributed by atoms with van der Waals surface area (Å²) in [5.74, 6) is -0.0365. The number of rotatable bonds is 7. The van der Waals surface area contributed by atoms with Crippen LogP contribution in [0.5, 0.6) is 5.75 Å². The topological polar surface area (TPSA) is 58.9 Å². The van der Waals surface area contributed by atoms with Gasteiger partial charge >= 0.3 is 0 Å². The molecule has 1 saturated heterocycles. The van der Waals surface area contributed by atoms with Crippen molar-refractivity contribution in [3.63, 3.8) is 0 Å². The highest BCUT2D eigenvalue weighted by molar-refractivity contribution is 7.23. The predicted octanol–water partition coefficient (Wildman–Crippen LogP) is 5.23. The number of methoxy groups -OCH3 is 1. The highest BCUT2D eigenvalue weighted by Gasteiger charge is 2.20. The van der Waals surface area contributed by atoms with Gasteiger partial charge in [0.2, 0.25) is 0 Å². The van der Waals surface area contributed by atoms with Crippen LogP contribution in [0.2, 0.25) is 0 Å². The van der Waals surface area contributed by atoms with E-state index in [2.05, 4.69) is 15.2 Å². The third-order valence-electron chi connectivity index (χ3n) is 6.51. The Morgan fingerprint density at radius 1 is 1.26 bits per heavy atom. The van der Waals surface area contributed by atoms with Gasteiger partial charge < -0.3 is 15.0 Å². The van der Waals surface area contributed by atoms with Crippen molar-refractivity contribution in [2.75, 3.05) is 33.3 Å². The minimum Gasteiger partial charge on any atom is -0.496 e. The van der Waals surface area contributed by atoms with Crippen molar-refractivity contribution < 1.29 is 18.3 Å². The van der Waals surface area contributed by atoms with Gasteiger partial charge in [0.15, 0.2) is 4.96 Å². The van der Waals surface area contributed by atoms with Crippen LogP contribution in [-0.2, 0) is 0 Å². The molecule has 3 heterocycles. The van der Waals surface area contributed by atoms with Gasteiger partial charge in [-0.3, -0.25) is 9.20 Å². The largest absolute Gasteiger partial charge is 0.496 e. The third-order valence-corrected chi connectivity index (χ3v) is 7.53. The summed E-state index contributed by atoms with van der Waals surface area (Å²) in [6.07, 6.45) is 3.13. The molecule has 0 bridgehead atoms. The van der Waals surface area contributed by atoms with Crippen LogP contribution in [0.25, 0.3) is 26.4 Å². The van der Waals surface area contributed by atoms with Gasteiger partial charge in [0, 0.05) is 37.5 Å². The molecule has 0 unspecified atom stereocenters. The van der Waals surface area contributed by atoms with Crippen LogP contribution in [0.15, 0.2) is 36.5 Å².